The number of nitrogens with zero attached hydrogens (tertiary/aromatic N) is 2. The van der Waals surface area contributed by atoms with Crippen molar-refractivity contribution in [2.75, 3.05) is 10.6 Å². The minimum Gasteiger partial charge on any atom is -0.467 e. The van der Waals surface area contributed by atoms with Gasteiger partial charge in [0, 0.05) is 12.1 Å². The number of furan rings is 1. The molecule has 2 aromatic rings. The summed E-state index contributed by atoms with van der Waals surface area (Å²) in [4.78, 5) is 8.34. The summed E-state index contributed by atoms with van der Waals surface area (Å²) in [6.07, 6.45) is 5.70. The fourth-order valence-electron chi connectivity index (χ4n) is 1.56. The van der Waals surface area contributed by atoms with Crippen LogP contribution >= 0.6 is 0 Å². The van der Waals surface area contributed by atoms with Crippen LogP contribution in [0.1, 0.15) is 18.6 Å². The minimum absolute atomic E-state index is 0.600. The first-order valence-electron chi connectivity index (χ1n) is 5.75. The van der Waals surface area contributed by atoms with Gasteiger partial charge in [-0.3, -0.25) is 0 Å². The van der Waals surface area contributed by atoms with Crippen LogP contribution in [0.2, 0.25) is 0 Å². The van der Waals surface area contributed by atoms with Crippen molar-refractivity contribution in [3.05, 3.63) is 36.5 Å². The Kier molecular flexibility index (Phi) is 2.65. The van der Waals surface area contributed by atoms with E-state index < -0.39 is 0 Å². The molecule has 2 aromatic heterocycles. The van der Waals surface area contributed by atoms with Crippen molar-refractivity contribution < 1.29 is 4.42 Å². The van der Waals surface area contributed by atoms with Crippen molar-refractivity contribution in [1.29, 1.82) is 0 Å². The topological polar surface area (TPSA) is 63.0 Å². The highest BCUT2D eigenvalue weighted by Gasteiger charge is 2.21. The highest BCUT2D eigenvalue weighted by atomic mass is 16.3. The van der Waals surface area contributed by atoms with Gasteiger partial charge >= 0.3 is 0 Å². The summed E-state index contributed by atoms with van der Waals surface area (Å²) >= 11 is 0. The summed E-state index contributed by atoms with van der Waals surface area (Å²) < 4.78 is 5.24. The van der Waals surface area contributed by atoms with E-state index in [1.54, 1.807) is 12.6 Å². The zero-order valence-electron chi connectivity index (χ0n) is 9.39. The third-order valence-corrected chi connectivity index (χ3v) is 2.62. The molecule has 5 heteroatoms. The van der Waals surface area contributed by atoms with Gasteiger partial charge < -0.3 is 15.1 Å². The van der Waals surface area contributed by atoms with E-state index in [1.807, 2.05) is 18.2 Å². The number of rotatable bonds is 5. The van der Waals surface area contributed by atoms with Crippen LogP contribution in [0.3, 0.4) is 0 Å². The molecule has 0 aliphatic heterocycles. The van der Waals surface area contributed by atoms with Gasteiger partial charge in [-0.25, -0.2) is 9.97 Å². The van der Waals surface area contributed by atoms with Crippen molar-refractivity contribution in [1.82, 2.24) is 9.97 Å². The largest absolute Gasteiger partial charge is 0.467 e. The second-order valence-electron chi connectivity index (χ2n) is 4.14. The van der Waals surface area contributed by atoms with Gasteiger partial charge in [-0.05, 0) is 25.0 Å². The SMILES string of the molecule is c1coc(CNc2cc(NC3CC3)ncn2)c1. The Bertz CT molecular complexity index is 479. The molecule has 1 aliphatic carbocycles. The summed E-state index contributed by atoms with van der Waals surface area (Å²) in [6, 6.07) is 6.32. The first-order chi connectivity index (χ1) is 8.40. The summed E-state index contributed by atoms with van der Waals surface area (Å²) in [5.41, 5.74) is 0. The Hall–Kier alpha value is -2.04. The van der Waals surface area contributed by atoms with Gasteiger partial charge in [0.25, 0.3) is 0 Å². The molecule has 2 N–H and O–H groups in total. The van der Waals surface area contributed by atoms with Gasteiger partial charge in [0.05, 0.1) is 12.8 Å². The molecule has 0 radical (unpaired) electrons. The summed E-state index contributed by atoms with van der Waals surface area (Å²) in [5, 5.41) is 6.53. The lowest BCUT2D eigenvalue weighted by Crippen LogP contribution is -2.06. The van der Waals surface area contributed by atoms with Gasteiger partial charge in [-0.15, -0.1) is 0 Å². The van der Waals surface area contributed by atoms with E-state index in [2.05, 4.69) is 20.6 Å². The van der Waals surface area contributed by atoms with Gasteiger partial charge in [0.15, 0.2) is 0 Å². The third kappa shape index (κ3) is 2.75. The maximum Gasteiger partial charge on any atom is 0.131 e. The Morgan fingerprint density at radius 1 is 1.29 bits per heavy atom. The predicted octanol–water partition coefficient (Wildman–Crippen LogP) is 2.26. The molecule has 2 heterocycles. The zero-order chi connectivity index (χ0) is 11.5. The highest BCUT2D eigenvalue weighted by molar-refractivity contribution is 5.47. The molecule has 0 unspecified atom stereocenters. The van der Waals surface area contributed by atoms with E-state index in [0.29, 0.717) is 12.6 Å². The fourth-order valence-corrected chi connectivity index (χ4v) is 1.56. The van der Waals surface area contributed by atoms with E-state index in [1.165, 1.54) is 12.8 Å². The Balaban J connectivity index is 1.61. The Morgan fingerprint density at radius 2 is 2.18 bits per heavy atom. The van der Waals surface area contributed by atoms with Crippen LogP contribution in [0, 0.1) is 0 Å². The van der Waals surface area contributed by atoms with Crippen LogP contribution in [0.4, 0.5) is 11.6 Å². The molecule has 0 bridgehead atoms. The van der Waals surface area contributed by atoms with Crippen molar-refractivity contribution >= 4 is 11.6 Å². The molecule has 1 aliphatic rings. The van der Waals surface area contributed by atoms with Crippen LogP contribution in [-0.4, -0.2) is 16.0 Å². The second-order valence-corrected chi connectivity index (χ2v) is 4.14. The molecule has 0 amide bonds. The van der Waals surface area contributed by atoms with Crippen LogP contribution in [0.15, 0.2) is 35.2 Å². The molecule has 3 rings (SSSR count). The molecule has 0 atom stereocenters. The molecule has 0 spiro atoms. The van der Waals surface area contributed by atoms with E-state index in [4.69, 9.17) is 4.42 Å². The number of anilines is 2. The normalized spacial score (nSPS) is 14.6. The molecule has 17 heavy (non-hydrogen) atoms. The van der Waals surface area contributed by atoms with Crippen molar-refractivity contribution in [2.24, 2.45) is 0 Å². The Labute approximate surface area is 99.3 Å². The van der Waals surface area contributed by atoms with Crippen LogP contribution in [0.5, 0.6) is 0 Å². The van der Waals surface area contributed by atoms with E-state index >= 15 is 0 Å². The Morgan fingerprint density at radius 3 is 2.94 bits per heavy atom. The minimum atomic E-state index is 0.600. The zero-order valence-corrected chi connectivity index (χ0v) is 9.39. The first-order valence-corrected chi connectivity index (χ1v) is 5.75. The maximum absolute atomic E-state index is 5.24. The first kappa shape index (κ1) is 10.1. The average Bonchev–Trinajstić information content (AvgIpc) is 3.00. The molecule has 0 saturated heterocycles. The van der Waals surface area contributed by atoms with Gasteiger partial charge in [-0.1, -0.05) is 0 Å². The predicted molar refractivity (Wildman–Crippen MR) is 64.7 cm³/mol. The summed E-state index contributed by atoms with van der Waals surface area (Å²) in [5.74, 6) is 2.57. The van der Waals surface area contributed by atoms with E-state index in [-0.39, 0.29) is 0 Å². The van der Waals surface area contributed by atoms with Crippen LogP contribution < -0.4 is 10.6 Å². The standard InChI is InChI=1S/C12H14N4O/c1-2-10(17-5-1)7-13-11-6-12(15-8-14-11)16-9-3-4-9/h1-2,5-6,8-9H,3-4,7H2,(H2,13,14,15,16). The molecule has 5 nitrogen and oxygen atoms in total. The lowest BCUT2D eigenvalue weighted by molar-refractivity contribution is 0.518. The highest BCUT2D eigenvalue weighted by Crippen LogP contribution is 2.24. The average molecular weight is 230 g/mol. The molecule has 0 aromatic carbocycles. The van der Waals surface area contributed by atoms with Gasteiger partial charge in [0.1, 0.15) is 23.7 Å². The number of hydrogen-bond acceptors (Lipinski definition) is 5. The van der Waals surface area contributed by atoms with Gasteiger partial charge in [-0.2, -0.15) is 0 Å². The number of nitrogens with one attached hydrogen (secondary N) is 2. The molecule has 1 saturated carbocycles. The van der Waals surface area contributed by atoms with Crippen LogP contribution in [-0.2, 0) is 6.54 Å². The number of hydrogen-bond donors (Lipinski definition) is 2. The molecular formula is C12H14N4O. The lowest BCUT2D eigenvalue weighted by atomic mass is 10.4. The van der Waals surface area contributed by atoms with Crippen LogP contribution in [0.25, 0.3) is 0 Å². The number of aromatic nitrogens is 2. The molecular weight excluding hydrogens is 216 g/mol. The van der Waals surface area contributed by atoms with Crippen molar-refractivity contribution in [2.45, 2.75) is 25.4 Å². The maximum atomic E-state index is 5.24. The smallest absolute Gasteiger partial charge is 0.131 e. The lowest BCUT2D eigenvalue weighted by Gasteiger charge is -2.06. The monoisotopic (exact) mass is 230 g/mol. The van der Waals surface area contributed by atoms with Gasteiger partial charge in [0.2, 0.25) is 0 Å². The third-order valence-electron chi connectivity index (χ3n) is 2.62. The van der Waals surface area contributed by atoms with Crippen molar-refractivity contribution in [3.63, 3.8) is 0 Å². The van der Waals surface area contributed by atoms with Crippen molar-refractivity contribution in [3.8, 4) is 0 Å². The van der Waals surface area contributed by atoms with E-state index in [0.717, 1.165) is 17.4 Å². The molecule has 1 fully saturated rings. The second kappa shape index (κ2) is 4.45. The summed E-state index contributed by atoms with van der Waals surface area (Å²) in [7, 11) is 0. The quantitative estimate of drug-likeness (QED) is 0.824. The fraction of sp³-hybridized carbons (Fsp3) is 0.333. The molecule has 88 valence electrons. The van der Waals surface area contributed by atoms with E-state index in [9.17, 15) is 0 Å². The summed E-state index contributed by atoms with van der Waals surface area (Å²) in [6.45, 7) is 0.632.